The monoisotopic (exact) mass is 293 g/mol. The summed E-state index contributed by atoms with van der Waals surface area (Å²) in [7, 11) is 1.50. The first kappa shape index (κ1) is 15.1. The molecular formula is C15H16FNO4. The summed E-state index contributed by atoms with van der Waals surface area (Å²) in [4.78, 5) is 12.1. The first-order chi connectivity index (χ1) is 10.0. The van der Waals surface area contributed by atoms with Gasteiger partial charge in [0.15, 0.2) is 0 Å². The molecule has 5 nitrogen and oxygen atoms in total. The number of hydrogen-bond acceptors (Lipinski definition) is 4. The Labute approximate surface area is 121 Å². The van der Waals surface area contributed by atoms with E-state index in [9.17, 15) is 9.18 Å². The molecule has 2 aromatic rings. The van der Waals surface area contributed by atoms with Crippen LogP contribution in [0.3, 0.4) is 0 Å². The van der Waals surface area contributed by atoms with Crippen molar-refractivity contribution in [3.63, 3.8) is 0 Å². The number of phenols is 1. The maximum absolute atomic E-state index is 13.7. The molecule has 2 N–H and O–H groups in total. The predicted molar refractivity (Wildman–Crippen MR) is 73.6 cm³/mol. The third kappa shape index (κ3) is 3.61. The van der Waals surface area contributed by atoms with E-state index in [1.54, 1.807) is 19.1 Å². The van der Waals surface area contributed by atoms with Gasteiger partial charge in [0.25, 0.3) is 5.91 Å². The molecule has 0 aliphatic rings. The van der Waals surface area contributed by atoms with Crippen molar-refractivity contribution in [2.45, 2.75) is 13.0 Å². The number of amides is 1. The molecule has 2 rings (SSSR count). The summed E-state index contributed by atoms with van der Waals surface area (Å²) >= 11 is 0. The Bertz CT molecular complexity index is 638. The van der Waals surface area contributed by atoms with Crippen LogP contribution in [-0.2, 0) is 4.74 Å². The van der Waals surface area contributed by atoms with Gasteiger partial charge in [0.1, 0.15) is 29.1 Å². The summed E-state index contributed by atoms with van der Waals surface area (Å²) in [6, 6.07) is 6.33. The van der Waals surface area contributed by atoms with Crippen LogP contribution >= 0.6 is 0 Å². The molecule has 6 heteroatoms. The van der Waals surface area contributed by atoms with Crippen molar-refractivity contribution >= 4 is 5.91 Å². The predicted octanol–water partition coefficient (Wildman–Crippen LogP) is 2.55. The van der Waals surface area contributed by atoms with Crippen molar-refractivity contribution in [1.82, 2.24) is 5.32 Å². The lowest BCUT2D eigenvalue weighted by atomic mass is 10.1. The van der Waals surface area contributed by atoms with Gasteiger partial charge in [0.2, 0.25) is 0 Å². The van der Waals surface area contributed by atoms with Crippen LogP contribution in [0.4, 0.5) is 4.39 Å². The van der Waals surface area contributed by atoms with Gasteiger partial charge >= 0.3 is 0 Å². The molecule has 0 spiro atoms. The lowest BCUT2D eigenvalue weighted by Gasteiger charge is -2.16. The highest BCUT2D eigenvalue weighted by molar-refractivity contribution is 5.94. The molecule has 0 aliphatic carbocycles. The van der Waals surface area contributed by atoms with Crippen LogP contribution in [0.15, 0.2) is 34.7 Å². The first-order valence-electron chi connectivity index (χ1n) is 6.36. The maximum atomic E-state index is 13.7. The number of halogens is 1. The summed E-state index contributed by atoms with van der Waals surface area (Å²) in [6.07, 6.45) is 0. The second-order valence-electron chi connectivity index (χ2n) is 4.59. The second-order valence-corrected chi connectivity index (χ2v) is 4.59. The number of nitrogens with one attached hydrogen (secondary N) is 1. The molecule has 1 amide bonds. The average Bonchev–Trinajstić information content (AvgIpc) is 2.84. The van der Waals surface area contributed by atoms with Gasteiger partial charge in [-0.05, 0) is 31.2 Å². The molecule has 0 unspecified atom stereocenters. The molecule has 112 valence electrons. The lowest BCUT2D eigenvalue weighted by molar-refractivity contribution is 0.0878. The van der Waals surface area contributed by atoms with Gasteiger partial charge in [-0.2, -0.15) is 0 Å². The van der Waals surface area contributed by atoms with Crippen molar-refractivity contribution in [2.75, 3.05) is 13.7 Å². The number of aromatic hydroxyl groups is 1. The number of carbonyl (C=O) groups is 1. The third-order valence-corrected chi connectivity index (χ3v) is 2.94. The van der Waals surface area contributed by atoms with Crippen molar-refractivity contribution in [3.05, 3.63) is 53.2 Å². The molecule has 1 aromatic heterocycles. The number of aryl methyl sites for hydroxylation is 1. The van der Waals surface area contributed by atoms with Crippen LogP contribution in [0.25, 0.3) is 0 Å². The van der Waals surface area contributed by atoms with Crippen molar-refractivity contribution in [1.29, 1.82) is 0 Å². The van der Waals surface area contributed by atoms with E-state index in [2.05, 4.69) is 5.32 Å². The van der Waals surface area contributed by atoms with Gasteiger partial charge < -0.3 is 19.6 Å². The van der Waals surface area contributed by atoms with Gasteiger partial charge in [0, 0.05) is 13.2 Å². The molecule has 0 saturated heterocycles. The van der Waals surface area contributed by atoms with Gasteiger partial charge in [-0.15, -0.1) is 0 Å². The van der Waals surface area contributed by atoms with Crippen molar-refractivity contribution in [3.8, 4) is 5.75 Å². The molecule has 21 heavy (non-hydrogen) atoms. The smallest absolute Gasteiger partial charge is 0.254 e. The molecule has 1 aromatic carbocycles. The van der Waals surface area contributed by atoms with Crippen LogP contribution in [0.2, 0.25) is 0 Å². The molecule has 1 heterocycles. The van der Waals surface area contributed by atoms with E-state index in [-0.39, 0.29) is 17.9 Å². The van der Waals surface area contributed by atoms with E-state index in [0.717, 1.165) is 6.07 Å². The van der Waals surface area contributed by atoms with Crippen LogP contribution in [0.1, 0.15) is 27.9 Å². The summed E-state index contributed by atoms with van der Waals surface area (Å²) in [6.45, 7) is 1.98. The Hall–Kier alpha value is -2.34. The molecule has 0 saturated carbocycles. The Morgan fingerprint density at radius 3 is 2.76 bits per heavy atom. The Morgan fingerprint density at radius 2 is 2.19 bits per heavy atom. The van der Waals surface area contributed by atoms with E-state index >= 15 is 0 Å². The number of furan rings is 1. The van der Waals surface area contributed by atoms with E-state index in [1.165, 1.54) is 19.2 Å². The zero-order valence-corrected chi connectivity index (χ0v) is 11.7. The highest BCUT2D eigenvalue weighted by Gasteiger charge is 2.20. The fourth-order valence-electron chi connectivity index (χ4n) is 1.93. The highest BCUT2D eigenvalue weighted by atomic mass is 19.1. The number of carbonyl (C=O) groups excluding carboxylic acids is 1. The molecule has 0 fully saturated rings. The molecule has 0 bridgehead atoms. The highest BCUT2D eigenvalue weighted by Crippen LogP contribution is 2.19. The molecule has 1 atom stereocenters. The average molecular weight is 293 g/mol. The van der Waals surface area contributed by atoms with Gasteiger partial charge in [-0.3, -0.25) is 4.79 Å². The van der Waals surface area contributed by atoms with Crippen LogP contribution in [0.5, 0.6) is 5.75 Å². The van der Waals surface area contributed by atoms with E-state index < -0.39 is 17.8 Å². The largest absolute Gasteiger partial charge is 0.508 e. The normalized spacial score (nSPS) is 12.1. The lowest BCUT2D eigenvalue weighted by Crippen LogP contribution is -2.31. The minimum atomic E-state index is -0.792. The summed E-state index contributed by atoms with van der Waals surface area (Å²) < 4.78 is 24.2. The summed E-state index contributed by atoms with van der Waals surface area (Å²) in [5, 5.41) is 11.8. The van der Waals surface area contributed by atoms with Crippen molar-refractivity contribution in [2.24, 2.45) is 0 Å². The second kappa shape index (κ2) is 6.41. The Balaban J connectivity index is 2.18. The topological polar surface area (TPSA) is 71.7 Å². The van der Waals surface area contributed by atoms with Gasteiger partial charge in [-0.1, -0.05) is 0 Å². The fraction of sp³-hybridized carbons (Fsp3) is 0.267. The third-order valence-electron chi connectivity index (χ3n) is 2.94. The molecular weight excluding hydrogens is 277 g/mol. The van der Waals surface area contributed by atoms with Crippen LogP contribution < -0.4 is 5.32 Å². The number of phenolic OH excluding ortho intramolecular Hbond substituents is 1. The number of methoxy groups -OCH3 is 1. The zero-order chi connectivity index (χ0) is 15.4. The van der Waals surface area contributed by atoms with Crippen LogP contribution in [0, 0.1) is 12.7 Å². The number of ether oxygens (including phenoxy) is 1. The van der Waals surface area contributed by atoms with Crippen LogP contribution in [-0.4, -0.2) is 24.7 Å². The Kier molecular flexibility index (Phi) is 4.59. The quantitative estimate of drug-likeness (QED) is 0.888. The SMILES string of the molecule is COC[C@H](NC(=O)c1ccc(O)cc1F)c1ccc(C)o1. The minimum Gasteiger partial charge on any atom is -0.508 e. The summed E-state index contributed by atoms with van der Waals surface area (Å²) in [5.41, 5.74) is -0.155. The van der Waals surface area contributed by atoms with Gasteiger partial charge in [0.05, 0.1) is 12.2 Å². The zero-order valence-electron chi connectivity index (χ0n) is 11.7. The Morgan fingerprint density at radius 1 is 1.43 bits per heavy atom. The minimum absolute atomic E-state index is 0.155. The summed E-state index contributed by atoms with van der Waals surface area (Å²) in [5.74, 6) is -0.403. The van der Waals surface area contributed by atoms with E-state index in [1.807, 2.05) is 0 Å². The van der Waals surface area contributed by atoms with Crippen molar-refractivity contribution < 1.29 is 23.4 Å². The maximum Gasteiger partial charge on any atom is 0.254 e. The fourth-order valence-corrected chi connectivity index (χ4v) is 1.93. The molecule has 0 radical (unpaired) electrons. The first-order valence-corrected chi connectivity index (χ1v) is 6.36. The van der Waals surface area contributed by atoms with E-state index in [0.29, 0.717) is 11.5 Å². The van der Waals surface area contributed by atoms with Gasteiger partial charge in [-0.25, -0.2) is 4.39 Å². The standard InChI is InChI=1S/C15H16FNO4/c1-9-3-6-14(21-9)13(8-20-2)17-15(19)11-5-4-10(18)7-12(11)16/h3-7,13,18H,8H2,1-2H3,(H,17,19)/t13-/m0/s1. The molecule has 0 aliphatic heterocycles. The number of rotatable bonds is 5. The number of benzene rings is 1. The number of hydrogen-bond donors (Lipinski definition) is 2. The van der Waals surface area contributed by atoms with E-state index in [4.69, 9.17) is 14.3 Å².